The number of halogens is 2. The molecule has 1 unspecified atom stereocenters. The predicted molar refractivity (Wildman–Crippen MR) is 88.5 cm³/mol. The van der Waals surface area contributed by atoms with E-state index < -0.39 is 6.61 Å². The largest absolute Gasteiger partial charge is 0.493 e. The highest BCUT2D eigenvalue weighted by Crippen LogP contribution is 2.40. The molecule has 2 rings (SSSR count). The number of benzene rings is 1. The van der Waals surface area contributed by atoms with Crippen LogP contribution in [0.1, 0.15) is 30.1 Å². The Morgan fingerprint density at radius 1 is 1.20 bits per heavy atom. The van der Waals surface area contributed by atoms with Crippen molar-refractivity contribution in [2.45, 2.75) is 32.4 Å². The number of methoxy groups -OCH3 is 2. The van der Waals surface area contributed by atoms with Crippen LogP contribution in [0.25, 0.3) is 0 Å². The minimum atomic E-state index is -3.03. The van der Waals surface area contributed by atoms with Crippen molar-refractivity contribution in [3.63, 3.8) is 0 Å². The number of ether oxygens (including phenoxy) is 3. The van der Waals surface area contributed by atoms with Crippen LogP contribution >= 0.6 is 0 Å². The first kappa shape index (κ1) is 19.2. The molecule has 1 atom stereocenters. The van der Waals surface area contributed by atoms with E-state index in [9.17, 15) is 13.6 Å². The van der Waals surface area contributed by atoms with Gasteiger partial charge in [0.1, 0.15) is 0 Å². The van der Waals surface area contributed by atoms with Crippen molar-refractivity contribution < 1.29 is 27.8 Å². The van der Waals surface area contributed by atoms with E-state index in [4.69, 9.17) is 15.2 Å². The third-order valence-electron chi connectivity index (χ3n) is 4.48. The molecule has 1 saturated heterocycles. The third-order valence-corrected chi connectivity index (χ3v) is 4.48. The maximum atomic E-state index is 12.7. The first-order valence-electron chi connectivity index (χ1n) is 8.13. The van der Waals surface area contributed by atoms with Crippen LogP contribution in [-0.4, -0.2) is 50.8 Å². The number of piperidine rings is 1. The fraction of sp³-hybridized carbons (Fsp3) is 0.588. The molecule has 1 fully saturated rings. The molecule has 0 bridgehead atoms. The number of rotatable bonds is 6. The quantitative estimate of drug-likeness (QED) is 0.846. The topological polar surface area (TPSA) is 74.0 Å². The lowest BCUT2D eigenvalue weighted by Gasteiger charge is -2.33. The van der Waals surface area contributed by atoms with Crippen LogP contribution in [-0.2, 0) is 0 Å². The van der Waals surface area contributed by atoms with Gasteiger partial charge in [0, 0.05) is 24.7 Å². The molecule has 0 aliphatic carbocycles. The van der Waals surface area contributed by atoms with Crippen LogP contribution in [0.4, 0.5) is 8.78 Å². The van der Waals surface area contributed by atoms with Gasteiger partial charge >= 0.3 is 6.61 Å². The average Bonchev–Trinajstić information content (AvgIpc) is 2.60. The van der Waals surface area contributed by atoms with Gasteiger partial charge in [0.15, 0.2) is 11.5 Å². The number of nitrogens with zero attached hydrogens (tertiary/aromatic N) is 1. The molecule has 1 aromatic carbocycles. The normalized spacial score (nSPS) is 16.7. The van der Waals surface area contributed by atoms with Gasteiger partial charge in [-0.1, -0.05) is 0 Å². The van der Waals surface area contributed by atoms with E-state index in [1.807, 2.05) is 6.92 Å². The Bertz CT molecular complexity index is 577. The highest BCUT2D eigenvalue weighted by Gasteiger charge is 2.27. The van der Waals surface area contributed by atoms with Gasteiger partial charge in [-0.3, -0.25) is 4.79 Å². The minimum absolute atomic E-state index is 0.0217. The van der Waals surface area contributed by atoms with E-state index in [1.54, 1.807) is 4.90 Å². The second-order valence-corrected chi connectivity index (χ2v) is 6.08. The van der Waals surface area contributed by atoms with Crippen LogP contribution < -0.4 is 19.9 Å². The molecule has 0 radical (unpaired) electrons. The number of alkyl halides is 2. The van der Waals surface area contributed by atoms with Crippen molar-refractivity contribution in [3.8, 4) is 17.2 Å². The summed E-state index contributed by atoms with van der Waals surface area (Å²) in [6, 6.07) is 2.88. The van der Waals surface area contributed by atoms with E-state index in [-0.39, 0.29) is 29.2 Å². The fourth-order valence-electron chi connectivity index (χ4n) is 3.02. The Hall–Kier alpha value is -2.09. The highest BCUT2D eigenvalue weighted by molar-refractivity contribution is 5.95. The molecule has 8 heteroatoms. The van der Waals surface area contributed by atoms with Crippen LogP contribution in [0.2, 0.25) is 0 Å². The number of hydrogen-bond acceptors (Lipinski definition) is 5. The van der Waals surface area contributed by atoms with Crippen molar-refractivity contribution in [3.05, 3.63) is 17.7 Å². The summed E-state index contributed by atoms with van der Waals surface area (Å²) in [7, 11) is 2.63. The minimum Gasteiger partial charge on any atom is -0.493 e. The molecule has 0 aromatic heterocycles. The van der Waals surface area contributed by atoms with Gasteiger partial charge in [-0.15, -0.1) is 0 Å². The van der Waals surface area contributed by atoms with Crippen LogP contribution in [0.5, 0.6) is 17.2 Å². The van der Waals surface area contributed by atoms with Crippen LogP contribution in [0.3, 0.4) is 0 Å². The van der Waals surface area contributed by atoms with Crippen molar-refractivity contribution >= 4 is 5.91 Å². The number of carbonyl (C=O) groups is 1. The second kappa shape index (κ2) is 8.33. The highest BCUT2D eigenvalue weighted by atomic mass is 19.3. The van der Waals surface area contributed by atoms with Crippen molar-refractivity contribution in [2.24, 2.45) is 11.7 Å². The zero-order chi connectivity index (χ0) is 18.6. The summed E-state index contributed by atoms with van der Waals surface area (Å²) in [5, 5.41) is 0. The van der Waals surface area contributed by atoms with E-state index in [2.05, 4.69) is 4.74 Å². The van der Waals surface area contributed by atoms with E-state index in [0.29, 0.717) is 24.6 Å². The number of carbonyl (C=O) groups excluding carboxylic acids is 1. The molecule has 140 valence electrons. The molecular formula is C17H24F2N2O4. The monoisotopic (exact) mass is 358 g/mol. The van der Waals surface area contributed by atoms with Gasteiger partial charge in [0.25, 0.3) is 5.91 Å². The van der Waals surface area contributed by atoms with Crippen molar-refractivity contribution in [2.75, 3.05) is 27.3 Å². The molecule has 0 saturated carbocycles. The third kappa shape index (κ3) is 4.50. The first-order valence-corrected chi connectivity index (χ1v) is 8.13. The Labute approximate surface area is 145 Å². The lowest BCUT2D eigenvalue weighted by atomic mass is 9.90. The summed E-state index contributed by atoms with van der Waals surface area (Å²) in [5.41, 5.74) is 6.22. The molecule has 1 aliphatic heterocycles. The maximum Gasteiger partial charge on any atom is 0.387 e. The van der Waals surface area contributed by atoms with Gasteiger partial charge in [0.05, 0.1) is 14.2 Å². The van der Waals surface area contributed by atoms with Gasteiger partial charge in [-0.05, 0) is 37.8 Å². The first-order chi connectivity index (χ1) is 11.9. The molecule has 2 N–H and O–H groups in total. The van der Waals surface area contributed by atoms with Crippen LogP contribution in [0, 0.1) is 5.92 Å². The lowest BCUT2D eigenvalue weighted by Crippen LogP contribution is -2.42. The smallest absolute Gasteiger partial charge is 0.387 e. The SMILES string of the molecule is COc1cc(C(=O)N2CCC(C(C)N)CC2)cc(OC)c1OC(F)F. The molecule has 1 heterocycles. The molecule has 6 nitrogen and oxygen atoms in total. The predicted octanol–water partition coefficient (Wildman–Crippen LogP) is 2.50. The molecule has 1 aromatic rings. The molecular weight excluding hydrogens is 334 g/mol. The van der Waals surface area contributed by atoms with Crippen LogP contribution in [0.15, 0.2) is 12.1 Å². The summed E-state index contributed by atoms with van der Waals surface area (Å²) in [6.07, 6.45) is 1.68. The number of amides is 1. The lowest BCUT2D eigenvalue weighted by molar-refractivity contribution is -0.0526. The molecule has 1 amide bonds. The molecule has 1 aliphatic rings. The van der Waals surface area contributed by atoms with Gasteiger partial charge in [-0.25, -0.2) is 0 Å². The summed E-state index contributed by atoms with van der Waals surface area (Å²) in [4.78, 5) is 14.5. The fourth-order valence-corrected chi connectivity index (χ4v) is 3.02. The maximum absolute atomic E-state index is 12.7. The zero-order valence-electron chi connectivity index (χ0n) is 14.6. The van der Waals surface area contributed by atoms with Gasteiger partial charge < -0.3 is 24.8 Å². The van der Waals surface area contributed by atoms with Gasteiger partial charge in [-0.2, -0.15) is 8.78 Å². The summed E-state index contributed by atoms with van der Waals surface area (Å²) < 4.78 is 39.8. The average molecular weight is 358 g/mol. The standard InChI is InChI=1S/C17H24F2N2O4/c1-10(20)11-4-6-21(7-5-11)16(22)12-8-13(23-2)15(25-17(18)19)14(9-12)24-3/h8-11,17H,4-7,20H2,1-3H3. The summed E-state index contributed by atoms with van der Waals surface area (Å²) in [6.45, 7) is 0.150. The number of likely N-dealkylation sites (tertiary alicyclic amines) is 1. The summed E-state index contributed by atoms with van der Waals surface area (Å²) >= 11 is 0. The van der Waals surface area contributed by atoms with Gasteiger partial charge in [0.2, 0.25) is 5.75 Å². The van der Waals surface area contributed by atoms with Crippen molar-refractivity contribution in [1.29, 1.82) is 0 Å². The number of nitrogens with two attached hydrogens (primary N) is 1. The Balaban J connectivity index is 2.22. The van der Waals surface area contributed by atoms with E-state index >= 15 is 0 Å². The van der Waals surface area contributed by atoms with E-state index in [0.717, 1.165) is 12.8 Å². The zero-order valence-corrected chi connectivity index (χ0v) is 14.6. The summed E-state index contributed by atoms with van der Waals surface area (Å²) in [5.74, 6) is 0.00686. The van der Waals surface area contributed by atoms with Crippen molar-refractivity contribution in [1.82, 2.24) is 4.90 Å². The van der Waals surface area contributed by atoms with E-state index in [1.165, 1.54) is 26.4 Å². The Morgan fingerprint density at radius 3 is 2.12 bits per heavy atom. The Morgan fingerprint density at radius 2 is 1.72 bits per heavy atom. The Kier molecular flexibility index (Phi) is 6.41. The molecule has 25 heavy (non-hydrogen) atoms. The second-order valence-electron chi connectivity index (χ2n) is 6.08. The number of hydrogen-bond donors (Lipinski definition) is 1. The molecule has 0 spiro atoms.